The van der Waals surface area contributed by atoms with Crippen LogP contribution in [0.5, 0.6) is 0 Å². The minimum atomic E-state index is -0.0155. The molecular weight excluding hydrogens is 212 g/mol. The lowest BCUT2D eigenvalue weighted by molar-refractivity contribution is 0.266. The predicted octanol–water partition coefficient (Wildman–Crippen LogP) is -1.96. The number of fused-ring (bicyclic) bond motifs is 1. The molecule has 16 heavy (non-hydrogen) atoms. The first-order chi connectivity index (χ1) is 7.77. The third kappa shape index (κ3) is 1.68. The summed E-state index contributed by atoms with van der Waals surface area (Å²) in [4.78, 5) is 3.92. The summed E-state index contributed by atoms with van der Waals surface area (Å²) in [6, 6.07) is 0. The highest BCUT2D eigenvalue weighted by molar-refractivity contribution is 5.60. The lowest BCUT2D eigenvalue weighted by Gasteiger charge is -2.23. The van der Waals surface area contributed by atoms with E-state index in [0.29, 0.717) is 24.6 Å². The van der Waals surface area contributed by atoms with Gasteiger partial charge in [0.1, 0.15) is 12.7 Å². The fourth-order valence-electron chi connectivity index (χ4n) is 1.58. The molecule has 4 N–H and O–H groups in total. The number of aliphatic hydroxyl groups is 2. The van der Waals surface area contributed by atoms with Crippen molar-refractivity contribution in [3.63, 3.8) is 0 Å². The van der Waals surface area contributed by atoms with E-state index in [1.54, 1.807) is 16.0 Å². The summed E-state index contributed by atoms with van der Waals surface area (Å²) in [6.45, 7) is 0.741. The first kappa shape index (κ1) is 10.7. The summed E-state index contributed by atoms with van der Waals surface area (Å²) in [5, 5.41) is 23.7. The van der Waals surface area contributed by atoms with Crippen molar-refractivity contribution in [3.05, 3.63) is 12.7 Å². The second-order valence-corrected chi connectivity index (χ2v) is 3.27. The lowest BCUT2D eigenvalue weighted by atomic mass is 10.5. The van der Waals surface area contributed by atoms with Crippen LogP contribution in [0.2, 0.25) is 0 Å². The van der Waals surface area contributed by atoms with E-state index < -0.39 is 0 Å². The van der Waals surface area contributed by atoms with Gasteiger partial charge in [0, 0.05) is 0 Å². The average molecular weight is 226 g/mol. The van der Waals surface area contributed by atoms with Crippen molar-refractivity contribution in [2.75, 3.05) is 37.0 Å². The summed E-state index contributed by atoms with van der Waals surface area (Å²) < 4.78 is 3.21. The Balaban J connectivity index is 2.38. The van der Waals surface area contributed by atoms with E-state index in [4.69, 9.17) is 15.9 Å². The van der Waals surface area contributed by atoms with E-state index >= 15 is 0 Å². The largest absolute Gasteiger partial charge is 0.394 e. The Bertz CT molecular complexity index is 458. The van der Waals surface area contributed by atoms with Gasteiger partial charge in [-0.2, -0.15) is 9.61 Å². The maximum atomic E-state index is 8.94. The SMILES string of the molecule is Nc1ncn2ncn(N(CCO)CCO)c12. The molecule has 0 bridgehead atoms. The number of anilines is 1. The molecule has 0 aliphatic carbocycles. The minimum Gasteiger partial charge on any atom is -0.394 e. The van der Waals surface area contributed by atoms with E-state index in [2.05, 4.69) is 10.1 Å². The molecule has 0 spiro atoms. The molecule has 2 aromatic rings. The van der Waals surface area contributed by atoms with E-state index in [9.17, 15) is 0 Å². The monoisotopic (exact) mass is 226 g/mol. The zero-order valence-corrected chi connectivity index (χ0v) is 8.69. The fraction of sp³-hybridized carbons (Fsp3) is 0.500. The van der Waals surface area contributed by atoms with Crippen molar-refractivity contribution < 1.29 is 10.2 Å². The van der Waals surface area contributed by atoms with Crippen molar-refractivity contribution in [1.29, 1.82) is 0 Å². The molecule has 0 unspecified atom stereocenters. The smallest absolute Gasteiger partial charge is 0.198 e. The van der Waals surface area contributed by atoms with Crippen molar-refractivity contribution in [2.24, 2.45) is 0 Å². The van der Waals surface area contributed by atoms with Crippen molar-refractivity contribution in [3.8, 4) is 0 Å². The third-order valence-corrected chi connectivity index (χ3v) is 2.28. The first-order valence-electron chi connectivity index (χ1n) is 4.91. The molecule has 0 fully saturated rings. The van der Waals surface area contributed by atoms with Crippen LogP contribution in [0.3, 0.4) is 0 Å². The lowest BCUT2D eigenvalue weighted by Crippen LogP contribution is -2.39. The van der Waals surface area contributed by atoms with Gasteiger partial charge in [-0.1, -0.05) is 0 Å². The number of nitrogen functional groups attached to an aromatic ring is 1. The van der Waals surface area contributed by atoms with E-state index in [0.717, 1.165) is 0 Å². The number of aromatic nitrogens is 4. The van der Waals surface area contributed by atoms with Gasteiger partial charge in [-0.15, -0.1) is 0 Å². The molecule has 0 aromatic carbocycles. The van der Waals surface area contributed by atoms with Gasteiger partial charge in [-0.25, -0.2) is 9.66 Å². The van der Waals surface area contributed by atoms with Gasteiger partial charge in [0.2, 0.25) is 0 Å². The van der Waals surface area contributed by atoms with Crippen molar-refractivity contribution >= 4 is 11.5 Å². The molecule has 0 aliphatic heterocycles. The number of imidazole rings is 1. The van der Waals surface area contributed by atoms with Crippen LogP contribution in [0.15, 0.2) is 12.7 Å². The quantitative estimate of drug-likeness (QED) is 0.546. The first-order valence-corrected chi connectivity index (χ1v) is 4.91. The maximum absolute atomic E-state index is 8.94. The topological polar surface area (TPSA) is 105 Å². The molecule has 0 radical (unpaired) electrons. The minimum absolute atomic E-state index is 0.0155. The molecule has 0 saturated carbocycles. The van der Waals surface area contributed by atoms with E-state index in [-0.39, 0.29) is 13.2 Å². The molecule has 8 nitrogen and oxygen atoms in total. The predicted molar refractivity (Wildman–Crippen MR) is 57.5 cm³/mol. The number of rotatable bonds is 5. The number of nitrogens with zero attached hydrogens (tertiary/aromatic N) is 5. The Labute approximate surface area is 91.5 Å². The fourth-order valence-corrected chi connectivity index (χ4v) is 1.58. The van der Waals surface area contributed by atoms with Gasteiger partial charge in [-0.05, 0) is 0 Å². The van der Waals surface area contributed by atoms with Crippen LogP contribution in [0.4, 0.5) is 5.82 Å². The maximum Gasteiger partial charge on any atom is 0.198 e. The van der Waals surface area contributed by atoms with Crippen LogP contribution >= 0.6 is 0 Å². The molecule has 2 aromatic heterocycles. The van der Waals surface area contributed by atoms with Gasteiger partial charge in [-0.3, -0.25) is 0 Å². The molecule has 0 amide bonds. The summed E-state index contributed by atoms with van der Waals surface area (Å²) in [6.07, 6.45) is 3.08. The number of aliphatic hydroxyl groups excluding tert-OH is 2. The van der Waals surface area contributed by atoms with Gasteiger partial charge >= 0.3 is 0 Å². The number of hydrogen-bond donors (Lipinski definition) is 3. The highest BCUT2D eigenvalue weighted by Gasteiger charge is 2.12. The zero-order chi connectivity index (χ0) is 11.5. The van der Waals surface area contributed by atoms with Gasteiger partial charge in [0.25, 0.3) is 0 Å². The van der Waals surface area contributed by atoms with Crippen LogP contribution in [0, 0.1) is 0 Å². The molecule has 2 rings (SSSR count). The Morgan fingerprint density at radius 1 is 1.25 bits per heavy atom. The number of nitrogens with two attached hydrogens (primary N) is 1. The van der Waals surface area contributed by atoms with Gasteiger partial charge in [0.15, 0.2) is 11.5 Å². The van der Waals surface area contributed by atoms with Crippen molar-refractivity contribution in [1.82, 2.24) is 19.3 Å². The summed E-state index contributed by atoms with van der Waals surface area (Å²) in [5.41, 5.74) is 6.33. The highest BCUT2D eigenvalue weighted by atomic mass is 16.3. The average Bonchev–Trinajstić information content (AvgIpc) is 2.82. The van der Waals surface area contributed by atoms with Crippen molar-refractivity contribution in [2.45, 2.75) is 0 Å². The van der Waals surface area contributed by atoms with Gasteiger partial charge in [0.05, 0.1) is 26.3 Å². The van der Waals surface area contributed by atoms with E-state index in [1.165, 1.54) is 10.8 Å². The summed E-state index contributed by atoms with van der Waals surface area (Å²) in [5.74, 6) is 0.360. The second-order valence-electron chi connectivity index (χ2n) is 3.27. The van der Waals surface area contributed by atoms with Crippen LogP contribution in [-0.4, -0.2) is 55.8 Å². The summed E-state index contributed by atoms with van der Waals surface area (Å²) >= 11 is 0. The van der Waals surface area contributed by atoms with Crippen LogP contribution in [0.1, 0.15) is 0 Å². The molecule has 0 aliphatic rings. The zero-order valence-electron chi connectivity index (χ0n) is 8.69. The standard InChI is InChI=1S/C8H14N6O2/c9-7-8-13(5-10-7)11-6-14(8)12(1-3-15)2-4-16/h5-6,15-16H,1-4,9H2. The number of hydrogen-bond acceptors (Lipinski definition) is 6. The molecule has 0 atom stereocenters. The Morgan fingerprint density at radius 3 is 2.56 bits per heavy atom. The Morgan fingerprint density at radius 2 is 1.94 bits per heavy atom. The Hall–Kier alpha value is -1.80. The van der Waals surface area contributed by atoms with Crippen LogP contribution < -0.4 is 10.7 Å². The third-order valence-electron chi connectivity index (χ3n) is 2.28. The Kier molecular flexibility index (Phi) is 2.93. The van der Waals surface area contributed by atoms with Crippen LogP contribution in [0.25, 0.3) is 5.65 Å². The second kappa shape index (κ2) is 4.37. The molecule has 2 heterocycles. The molecule has 88 valence electrons. The molecule has 0 saturated heterocycles. The van der Waals surface area contributed by atoms with Gasteiger partial charge < -0.3 is 21.0 Å². The normalized spacial score (nSPS) is 11.1. The highest BCUT2D eigenvalue weighted by Crippen LogP contribution is 2.10. The molecule has 8 heteroatoms. The molecular formula is C8H14N6O2. The van der Waals surface area contributed by atoms with E-state index in [1.807, 2.05) is 0 Å². The summed E-state index contributed by atoms with van der Waals surface area (Å²) in [7, 11) is 0. The van der Waals surface area contributed by atoms with Crippen LogP contribution in [-0.2, 0) is 0 Å².